The van der Waals surface area contributed by atoms with Crippen molar-refractivity contribution >= 4 is 40.2 Å². The third-order valence-electron chi connectivity index (χ3n) is 6.53. The predicted molar refractivity (Wildman–Crippen MR) is 127 cm³/mol. The summed E-state index contributed by atoms with van der Waals surface area (Å²) >= 11 is 1.45. The number of hydrogen-bond acceptors (Lipinski definition) is 4. The number of rotatable bonds is 5. The standard InChI is InChI=1S/C26H31NO3S/c1-18-13-15-20(16-14-18)25(28)27(21-11-7-4-8-12-21)22-17-23(19-9-5-3-6-10-19)31-24(22)26(29)30-2/h4,7-9,11-12,17-18,20H,3,5-6,10,13-16H2,1-2H3. The van der Waals surface area contributed by atoms with Gasteiger partial charge < -0.3 is 4.74 Å². The van der Waals surface area contributed by atoms with Crippen LogP contribution in [-0.2, 0) is 9.53 Å². The Kier molecular flexibility index (Phi) is 6.91. The Hall–Kier alpha value is -2.40. The Balaban J connectivity index is 1.78. The van der Waals surface area contributed by atoms with Gasteiger partial charge in [-0.2, -0.15) is 0 Å². The van der Waals surface area contributed by atoms with Crippen molar-refractivity contribution in [3.05, 3.63) is 52.2 Å². The van der Waals surface area contributed by atoms with Gasteiger partial charge in [-0.1, -0.05) is 31.2 Å². The first kappa shape index (κ1) is 21.8. The highest BCUT2D eigenvalue weighted by Gasteiger charge is 2.33. The molecule has 1 heterocycles. The summed E-state index contributed by atoms with van der Waals surface area (Å²) in [6, 6.07) is 11.7. The summed E-state index contributed by atoms with van der Waals surface area (Å²) in [6.07, 6.45) is 10.7. The highest BCUT2D eigenvalue weighted by molar-refractivity contribution is 7.15. The van der Waals surface area contributed by atoms with Gasteiger partial charge >= 0.3 is 5.97 Å². The number of methoxy groups -OCH3 is 1. The number of allylic oxidation sites excluding steroid dienone is 2. The minimum absolute atomic E-state index is 0.0147. The van der Waals surface area contributed by atoms with Gasteiger partial charge in [0, 0.05) is 16.5 Å². The molecule has 0 aliphatic heterocycles. The van der Waals surface area contributed by atoms with Crippen molar-refractivity contribution in [2.24, 2.45) is 11.8 Å². The number of hydrogen-bond donors (Lipinski definition) is 0. The van der Waals surface area contributed by atoms with E-state index in [2.05, 4.69) is 13.0 Å². The van der Waals surface area contributed by atoms with E-state index in [1.165, 1.54) is 30.4 Å². The van der Waals surface area contributed by atoms with Crippen LogP contribution in [0.3, 0.4) is 0 Å². The second-order valence-corrected chi connectivity index (χ2v) is 9.81. The summed E-state index contributed by atoms with van der Waals surface area (Å²) < 4.78 is 5.12. The zero-order valence-corrected chi connectivity index (χ0v) is 19.2. The maximum absolute atomic E-state index is 13.8. The molecule has 2 aliphatic rings. The van der Waals surface area contributed by atoms with Gasteiger partial charge in [0.05, 0.1) is 12.8 Å². The van der Waals surface area contributed by atoms with Gasteiger partial charge in [-0.25, -0.2) is 4.79 Å². The van der Waals surface area contributed by atoms with Crippen LogP contribution in [0.1, 0.15) is 72.8 Å². The number of carbonyl (C=O) groups is 2. The van der Waals surface area contributed by atoms with Gasteiger partial charge in [0.2, 0.25) is 5.91 Å². The fraction of sp³-hybridized carbons (Fsp3) is 0.462. The molecular weight excluding hydrogens is 406 g/mol. The van der Waals surface area contributed by atoms with Crippen molar-refractivity contribution in [3.8, 4) is 0 Å². The zero-order chi connectivity index (χ0) is 21.8. The van der Waals surface area contributed by atoms with Crippen LogP contribution < -0.4 is 4.90 Å². The molecule has 0 saturated heterocycles. The molecule has 0 N–H and O–H groups in total. The maximum atomic E-state index is 13.8. The average molecular weight is 438 g/mol. The molecule has 31 heavy (non-hydrogen) atoms. The Morgan fingerprint density at radius 1 is 1.06 bits per heavy atom. The van der Waals surface area contributed by atoms with Gasteiger partial charge in [0.15, 0.2) is 0 Å². The van der Waals surface area contributed by atoms with Crippen molar-refractivity contribution in [2.45, 2.75) is 58.3 Å². The van der Waals surface area contributed by atoms with Crippen molar-refractivity contribution < 1.29 is 14.3 Å². The zero-order valence-electron chi connectivity index (χ0n) is 18.4. The molecule has 0 atom stereocenters. The van der Waals surface area contributed by atoms with Crippen LogP contribution >= 0.6 is 11.3 Å². The molecular formula is C26H31NO3S. The number of para-hydroxylation sites is 1. The van der Waals surface area contributed by atoms with Crippen LogP contribution in [0.2, 0.25) is 0 Å². The Bertz CT molecular complexity index is 954. The van der Waals surface area contributed by atoms with Gasteiger partial charge in [-0.3, -0.25) is 9.69 Å². The van der Waals surface area contributed by atoms with Crippen molar-refractivity contribution in [3.63, 3.8) is 0 Å². The SMILES string of the molecule is COC(=O)c1sc(C2=CCCCC2)cc1N(C(=O)C1CCC(C)CC1)c1ccccc1. The number of thiophene rings is 1. The minimum atomic E-state index is -0.381. The lowest BCUT2D eigenvalue weighted by molar-refractivity contribution is -0.122. The third kappa shape index (κ3) is 4.77. The first-order valence-electron chi connectivity index (χ1n) is 11.4. The number of nitrogens with zero attached hydrogens (tertiary/aromatic N) is 1. The summed E-state index contributed by atoms with van der Waals surface area (Å²) in [7, 11) is 1.41. The van der Waals surface area contributed by atoms with Gasteiger partial charge in [0.1, 0.15) is 4.88 Å². The van der Waals surface area contributed by atoms with Crippen LogP contribution in [0, 0.1) is 11.8 Å². The molecule has 1 aromatic carbocycles. The summed E-state index contributed by atoms with van der Waals surface area (Å²) in [5.41, 5.74) is 2.74. The molecule has 0 unspecified atom stereocenters. The van der Waals surface area contributed by atoms with E-state index in [0.29, 0.717) is 16.5 Å². The molecule has 1 aromatic heterocycles. The summed E-state index contributed by atoms with van der Waals surface area (Å²) in [6.45, 7) is 2.26. The molecule has 4 nitrogen and oxygen atoms in total. The van der Waals surface area contributed by atoms with Crippen LogP contribution in [-0.4, -0.2) is 19.0 Å². The average Bonchev–Trinajstić information content (AvgIpc) is 3.25. The van der Waals surface area contributed by atoms with Crippen LogP contribution in [0.4, 0.5) is 11.4 Å². The Morgan fingerprint density at radius 2 is 1.81 bits per heavy atom. The lowest BCUT2D eigenvalue weighted by Gasteiger charge is -2.31. The fourth-order valence-electron chi connectivity index (χ4n) is 4.66. The Morgan fingerprint density at radius 3 is 2.45 bits per heavy atom. The predicted octanol–water partition coefficient (Wildman–Crippen LogP) is 6.98. The molecule has 1 saturated carbocycles. The molecule has 0 radical (unpaired) electrons. The molecule has 1 fully saturated rings. The van der Waals surface area contributed by atoms with Gasteiger partial charge in [-0.05, 0) is 81.1 Å². The number of esters is 1. The van der Waals surface area contributed by atoms with Crippen molar-refractivity contribution in [2.75, 3.05) is 12.0 Å². The number of amides is 1. The monoisotopic (exact) mass is 437 g/mol. The molecule has 2 aromatic rings. The van der Waals surface area contributed by atoms with E-state index >= 15 is 0 Å². The summed E-state index contributed by atoms with van der Waals surface area (Å²) in [4.78, 5) is 29.9. The number of carbonyl (C=O) groups excluding carboxylic acids is 2. The topological polar surface area (TPSA) is 46.6 Å². The highest BCUT2D eigenvalue weighted by atomic mass is 32.1. The van der Waals surface area contributed by atoms with E-state index in [9.17, 15) is 9.59 Å². The summed E-state index contributed by atoms with van der Waals surface area (Å²) in [5.74, 6) is 0.365. The molecule has 5 heteroatoms. The Labute approximate surface area is 188 Å². The lowest BCUT2D eigenvalue weighted by atomic mass is 9.82. The van der Waals surface area contributed by atoms with Crippen LogP contribution in [0.15, 0.2) is 42.5 Å². The fourth-order valence-corrected chi connectivity index (χ4v) is 5.79. The van der Waals surface area contributed by atoms with E-state index in [-0.39, 0.29) is 17.8 Å². The molecule has 0 spiro atoms. The first-order valence-corrected chi connectivity index (χ1v) is 12.2. The lowest BCUT2D eigenvalue weighted by Crippen LogP contribution is -2.35. The molecule has 0 bridgehead atoms. The minimum Gasteiger partial charge on any atom is -0.465 e. The van der Waals surface area contributed by atoms with Crippen molar-refractivity contribution in [1.82, 2.24) is 0 Å². The maximum Gasteiger partial charge on any atom is 0.350 e. The first-order chi connectivity index (χ1) is 15.1. The second kappa shape index (κ2) is 9.82. The molecule has 4 rings (SSSR count). The van der Waals surface area contributed by atoms with Gasteiger partial charge in [-0.15, -0.1) is 11.3 Å². The van der Waals surface area contributed by atoms with Crippen LogP contribution in [0.25, 0.3) is 5.57 Å². The summed E-state index contributed by atoms with van der Waals surface area (Å²) in [5, 5.41) is 0. The second-order valence-electron chi connectivity index (χ2n) is 8.76. The van der Waals surface area contributed by atoms with E-state index < -0.39 is 0 Å². The van der Waals surface area contributed by atoms with E-state index in [1.54, 1.807) is 4.90 Å². The molecule has 1 amide bonds. The molecule has 164 valence electrons. The normalized spacial score (nSPS) is 21.3. The molecule has 2 aliphatic carbocycles. The van der Waals surface area contributed by atoms with E-state index in [4.69, 9.17) is 4.74 Å². The highest BCUT2D eigenvalue weighted by Crippen LogP contribution is 2.42. The van der Waals surface area contributed by atoms with E-state index in [0.717, 1.165) is 55.5 Å². The number of benzene rings is 1. The third-order valence-corrected chi connectivity index (χ3v) is 7.71. The van der Waals surface area contributed by atoms with Gasteiger partial charge in [0.25, 0.3) is 0 Å². The number of anilines is 2. The quantitative estimate of drug-likeness (QED) is 0.474. The smallest absolute Gasteiger partial charge is 0.350 e. The number of ether oxygens (including phenoxy) is 1. The largest absolute Gasteiger partial charge is 0.465 e. The van der Waals surface area contributed by atoms with Crippen molar-refractivity contribution in [1.29, 1.82) is 0 Å². The van der Waals surface area contributed by atoms with Crippen LogP contribution in [0.5, 0.6) is 0 Å². The van der Waals surface area contributed by atoms with E-state index in [1.807, 2.05) is 36.4 Å².